The van der Waals surface area contributed by atoms with Crippen molar-refractivity contribution in [3.05, 3.63) is 0 Å². The van der Waals surface area contributed by atoms with Crippen LogP contribution in [0.25, 0.3) is 0 Å². The number of Topliss-reactive ketones (excluding diaryl/α,β-unsaturated/α-hetero) is 1. The van der Waals surface area contributed by atoms with E-state index < -0.39 is 36.8 Å². The number of hydrogen-bond acceptors (Lipinski definition) is 6. The molecule has 78 valence electrons. The van der Waals surface area contributed by atoms with Crippen LogP contribution < -0.4 is 0 Å². The average Bonchev–Trinajstić information content (AvgIpc) is 2.12. The van der Waals surface area contributed by atoms with Gasteiger partial charge in [0, 0.05) is 0 Å². The Hall–Kier alpha value is -0.530. The van der Waals surface area contributed by atoms with E-state index in [-0.39, 0.29) is 0 Å². The Morgan fingerprint density at radius 2 is 1.62 bits per heavy atom. The lowest BCUT2D eigenvalue weighted by Crippen LogP contribution is -2.48. The third kappa shape index (κ3) is 3.37. The highest BCUT2D eigenvalue weighted by Gasteiger charge is 2.32. The second-order valence-electron chi connectivity index (χ2n) is 2.79. The maximum atomic E-state index is 10.5. The molecular formula is C7H14O6. The van der Waals surface area contributed by atoms with Crippen LogP contribution in [0.5, 0.6) is 0 Å². The largest absolute Gasteiger partial charge is 0.394 e. The predicted octanol–water partition coefficient (Wildman–Crippen LogP) is -2.99. The Kier molecular flexibility index (Phi) is 5.04. The van der Waals surface area contributed by atoms with E-state index in [2.05, 4.69) is 0 Å². The molecule has 0 bridgehead atoms. The number of aliphatic hydroxyl groups is 5. The van der Waals surface area contributed by atoms with Crippen molar-refractivity contribution in [1.29, 1.82) is 0 Å². The van der Waals surface area contributed by atoms with E-state index in [1.807, 2.05) is 0 Å². The number of carbonyl (C=O) groups is 1. The summed E-state index contributed by atoms with van der Waals surface area (Å²) in [6.45, 7) is 0.273. The minimum Gasteiger partial charge on any atom is -0.394 e. The van der Waals surface area contributed by atoms with Gasteiger partial charge in [-0.15, -0.1) is 0 Å². The van der Waals surface area contributed by atoms with Gasteiger partial charge in [-0.1, -0.05) is 0 Å². The third-order valence-electron chi connectivity index (χ3n) is 1.67. The molecule has 0 fully saturated rings. The number of hydrogen-bond donors (Lipinski definition) is 5. The molecule has 0 rings (SSSR count). The molecule has 0 radical (unpaired) electrons. The molecule has 0 saturated heterocycles. The van der Waals surface area contributed by atoms with E-state index in [0.717, 1.165) is 6.92 Å². The first-order valence-corrected chi connectivity index (χ1v) is 3.75. The average molecular weight is 194 g/mol. The highest BCUT2D eigenvalue weighted by atomic mass is 16.4. The van der Waals surface area contributed by atoms with Crippen molar-refractivity contribution in [2.75, 3.05) is 6.61 Å². The van der Waals surface area contributed by atoms with Gasteiger partial charge >= 0.3 is 0 Å². The van der Waals surface area contributed by atoms with Crippen LogP contribution in [0.1, 0.15) is 6.92 Å². The summed E-state index contributed by atoms with van der Waals surface area (Å²) in [7, 11) is 0. The van der Waals surface area contributed by atoms with Crippen molar-refractivity contribution in [3.63, 3.8) is 0 Å². The first-order chi connectivity index (χ1) is 5.91. The van der Waals surface area contributed by atoms with Crippen LogP contribution in [0, 0.1) is 0 Å². The van der Waals surface area contributed by atoms with Crippen molar-refractivity contribution in [3.8, 4) is 0 Å². The van der Waals surface area contributed by atoms with Crippen molar-refractivity contribution < 1.29 is 30.3 Å². The normalized spacial score (nSPS) is 20.5. The van der Waals surface area contributed by atoms with Crippen LogP contribution in [0.2, 0.25) is 0 Å². The van der Waals surface area contributed by atoms with Gasteiger partial charge in [0.1, 0.15) is 24.4 Å². The third-order valence-corrected chi connectivity index (χ3v) is 1.67. The molecule has 6 heteroatoms. The Bertz CT molecular complexity index is 170. The van der Waals surface area contributed by atoms with Gasteiger partial charge in [0.15, 0.2) is 5.78 Å². The summed E-state index contributed by atoms with van der Waals surface area (Å²) in [6.07, 6.45) is -6.87. The molecule has 0 saturated carbocycles. The Balaban J connectivity index is 4.24. The van der Waals surface area contributed by atoms with E-state index in [0.29, 0.717) is 0 Å². The van der Waals surface area contributed by atoms with Gasteiger partial charge in [0.05, 0.1) is 6.61 Å². The standard InChI is InChI=1S/C7H14O6/c1-3(9)5(11)7(13)6(12)4(10)2-8/h4-8,10-13H,2H2,1H3/t4-,5+,6+,7-/m0/s1. The fraction of sp³-hybridized carbons (Fsp3) is 0.857. The Labute approximate surface area is 75.1 Å². The zero-order valence-electron chi connectivity index (χ0n) is 7.16. The van der Waals surface area contributed by atoms with Gasteiger partial charge in [-0.25, -0.2) is 0 Å². The van der Waals surface area contributed by atoms with E-state index >= 15 is 0 Å². The van der Waals surface area contributed by atoms with Crippen LogP contribution in [-0.4, -0.2) is 62.3 Å². The minimum absolute atomic E-state index is 0.725. The second kappa shape index (κ2) is 5.25. The summed E-state index contributed by atoms with van der Waals surface area (Å²) >= 11 is 0. The molecular weight excluding hydrogens is 180 g/mol. The summed E-state index contributed by atoms with van der Waals surface area (Å²) in [6, 6.07) is 0. The van der Waals surface area contributed by atoms with Crippen LogP contribution in [0.3, 0.4) is 0 Å². The topological polar surface area (TPSA) is 118 Å². The molecule has 13 heavy (non-hydrogen) atoms. The zero-order chi connectivity index (χ0) is 10.6. The van der Waals surface area contributed by atoms with Crippen LogP contribution in [-0.2, 0) is 4.79 Å². The Morgan fingerprint density at radius 3 is 1.92 bits per heavy atom. The predicted molar refractivity (Wildman–Crippen MR) is 41.8 cm³/mol. The maximum Gasteiger partial charge on any atom is 0.160 e. The number of ketones is 1. The quantitative estimate of drug-likeness (QED) is 0.318. The number of rotatable bonds is 5. The molecule has 4 atom stereocenters. The fourth-order valence-corrected chi connectivity index (χ4v) is 0.763. The Morgan fingerprint density at radius 1 is 1.15 bits per heavy atom. The first-order valence-electron chi connectivity index (χ1n) is 3.75. The van der Waals surface area contributed by atoms with E-state index in [1.54, 1.807) is 0 Å². The lowest BCUT2D eigenvalue weighted by molar-refractivity contribution is -0.145. The van der Waals surface area contributed by atoms with E-state index in [1.165, 1.54) is 0 Å². The maximum absolute atomic E-state index is 10.5. The van der Waals surface area contributed by atoms with Gasteiger partial charge in [-0.2, -0.15) is 0 Å². The number of carbonyl (C=O) groups excluding carboxylic acids is 1. The fourth-order valence-electron chi connectivity index (χ4n) is 0.763. The summed E-state index contributed by atoms with van der Waals surface area (Å²) in [5.74, 6) is -0.725. The van der Waals surface area contributed by atoms with Crippen molar-refractivity contribution in [1.82, 2.24) is 0 Å². The molecule has 0 aliphatic heterocycles. The molecule has 0 aromatic heterocycles. The summed E-state index contributed by atoms with van der Waals surface area (Å²) in [4.78, 5) is 10.5. The molecule has 0 aliphatic carbocycles. The highest BCUT2D eigenvalue weighted by molar-refractivity contribution is 5.80. The van der Waals surface area contributed by atoms with E-state index in [9.17, 15) is 4.79 Å². The molecule has 0 aromatic carbocycles. The molecule has 0 unspecified atom stereocenters. The minimum atomic E-state index is -1.79. The van der Waals surface area contributed by atoms with Gasteiger partial charge in [-0.3, -0.25) is 4.79 Å². The van der Waals surface area contributed by atoms with Gasteiger partial charge in [0.25, 0.3) is 0 Å². The van der Waals surface area contributed by atoms with Gasteiger partial charge < -0.3 is 25.5 Å². The summed E-state index contributed by atoms with van der Waals surface area (Å²) in [5.41, 5.74) is 0. The van der Waals surface area contributed by atoms with Gasteiger partial charge in [-0.05, 0) is 6.92 Å². The molecule has 0 spiro atoms. The highest BCUT2D eigenvalue weighted by Crippen LogP contribution is 2.05. The summed E-state index contributed by atoms with van der Waals surface area (Å²) in [5, 5.41) is 44.3. The van der Waals surface area contributed by atoms with Crippen molar-refractivity contribution in [2.24, 2.45) is 0 Å². The zero-order valence-corrected chi connectivity index (χ0v) is 7.16. The van der Waals surface area contributed by atoms with E-state index in [4.69, 9.17) is 25.5 Å². The monoisotopic (exact) mass is 194 g/mol. The molecule has 5 N–H and O–H groups in total. The molecule has 0 aliphatic rings. The molecule has 0 heterocycles. The SMILES string of the molecule is CC(=O)[C@@H](O)[C@H](O)[C@H](O)[C@@H](O)CO. The lowest BCUT2D eigenvalue weighted by atomic mass is 10.0. The van der Waals surface area contributed by atoms with Crippen molar-refractivity contribution >= 4 is 5.78 Å². The number of aliphatic hydroxyl groups excluding tert-OH is 5. The van der Waals surface area contributed by atoms with Crippen molar-refractivity contribution in [2.45, 2.75) is 31.3 Å². The first kappa shape index (κ1) is 12.5. The van der Waals surface area contributed by atoms with Gasteiger partial charge in [0.2, 0.25) is 0 Å². The summed E-state index contributed by atoms with van der Waals surface area (Å²) < 4.78 is 0. The molecule has 6 nitrogen and oxygen atoms in total. The molecule has 0 amide bonds. The lowest BCUT2D eigenvalue weighted by Gasteiger charge is -2.23. The smallest absolute Gasteiger partial charge is 0.160 e. The second-order valence-corrected chi connectivity index (χ2v) is 2.79. The van der Waals surface area contributed by atoms with Crippen LogP contribution in [0.4, 0.5) is 0 Å². The molecule has 0 aromatic rings. The van der Waals surface area contributed by atoms with Crippen LogP contribution in [0.15, 0.2) is 0 Å². The van der Waals surface area contributed by atoms with Crippen LogP contribution >= 0.6 is 0 Å².